The van der Waals surface area contributed by atoms with E-state index in [-0.39, 0.29) is 12.1 Å². The SMILES string of the molecule is Cn1cccc1CN1C[C@@H]2CC[C@H](NC(=O)OC(C)(C)C)[C@@H]2C1. The van der Waals surface area contributed by atoms with Gasteiger partial charge >= 0.3 is 6.09 Å². The van der Waals surface area contributed by atoms with E-state index in [1.54, 1.807) is 0 Å². The number of rotatable bonds is 3. The van der Waals surface area contributed by atoms with Gasteiger partial charge in [-0.15, -0.1) is 0 Å². The standard InChI is InChI=1S/C18H29N3O2/c1-18(2,3)23-17(22)19-16-8-7-13-10-21(12-15(13)16)11-14-6-5-9-20(14)4/h5-6,9,13,15-16H,7-8,10-12H2,1-4H3,(H,19,22)/t13-,15+,16-/m0/s1. The van der Waals surface area contributed by atoms with Gasteiger partial charge in [-0.1, -0.05) is 0 Å². The molecule has 0 aromatic carbocycles. The number of nitrogens with zero attached hydrogens (tertiary/aromatic N) is 2. The highest BCUT2D eigenvalue weighted by Crippen LogP contribution is 2.38. The van der Waals surface area contributed by atoms with Gasteiger partial charge in [-0.3, -0.25) is 4.90 Å². The van der Waals surface area contributed by atoms with Crippen LogP contribution < -0.4 is 5.32 Å². The van der Waals surface area contributed by atoms with Crippen LogP contribution in [0.5, 0.6) is 0 Å². The summed E-state index contributed by atoms with van der Waals surface area (Å²) in [6, 6.07) is 4.54. The van der Waals surface area contributed by atoms with Crippen molar-refractivity contribution >= 4 is 6.09 Å². The summed E-state index contributed by atoms with van der Waals surface area (Å²) in [5.74, 6) is 1.26. The highest BCUT2D eigenvalue weighted by molar-refractivity contribution is 5.68. The molecular formula is C18H29N3O2. The average Bonchev–Trinajstić information content (AvgIpc) is 3.08. The van der Waals surface area contributed by atoms with Crippen molar-refractivity contribution in [2.45, 2.75) is 51.8 Å². The largest absolute Gasteiger partial charge is 0.444 e. The molecule has 3 rings (SSSR count). The van der Waals surface area contributed by atoms with Crippen molar-refractivity contribution in [1.29, 1.82) is 0 Å². The third kappa shape index (κ3) is 3.89. The summed E-state index contributed by atoms with van der Waals surface area (Å²) in [5.41, 5.74) is 0.915. The second kappa shape index (κ2) is 6.19. The summed E-state index contributed by atoms with van der Waals surface area (Å²) in [6.07, 6.45) is 4.10. The fraction of sp³-hybridized carbons (Fsp3) is 0.722. The van der Waals surface area contributed by atoms with Gasteiger partial charge in [0.05, 0.1) is 0 Å². The lowest BCUT2D eigenvalue weighted by atomic mass is 9.98. The van der Waals surface area contributed by atoms with Crippen LogP contribution in [0.1, 0.15) is 39.3 Å². The topological polar surface area (TPSA) is 46.5 Å². The van der Waals surface area contributed by atoms with Gasteiger partial charge < -0.3 is 14.6 Å². The minimum absolute atomic E-state index is 0.258. The Bertz CT molecular complexity index is 561. The molecule has 1 aromatic heterocycles. The second-order valence-electron chi connectivity index (χ2n) is 8.06. The number of likely N-dealkylation sites (tertiary alicyclic amines) is 1. The van der Waals surface area contributed by atoms with Gasteiger partial charge in [0.25, 0.3) is 0 Å². The van der Waals surface area contributed by atoms with Crippen LogP contribution in [-0.4, -0.2) is 40.3 Å². The van der Waals surface area contributed by atoms with E-state index in [1.165, 1.54) is 12.1 Å². The molecule has 1 amide bonds. The van der Waals surface area contributed by atoms with Gasteiger partial charge in [0.1, 0.15) is 5.60 Å². The lowest BCUT2D eigenvalue weighted by Gasteiger charge is -2.25. The van der Waals surface area contributed by atoms with E-state index < -0.39 is 5.60 Å². The van der Waals surface area contributed by atoms with E-state index in [4.69, 9.17) is 4.74 Å². The molecule has 2 heterocycles. The van der Waals surface area contributed by atoms with E-state index in [0.717, 1.165) is 26.1 Å². The molecule has 1 saturated heterocycles. The van der Waals surface area contributed by atoms with E-state index in [1.807, 2.05) is 20.8 Å². The number of fused-ring (bicyclic) bond motifs is 1. The molecule has 1 aliphatic heterocycles. The monoisotopic (exact) mass is 319 g/mol. The van der Waals surface area contributed by atoms with Gasteiger partial charge in [0.15, 0.2) is 0 Å². The number of aryl methyl sites for hydroxylation is 1. The van der Waals surface area contributed by atoms with E-state index in [2.05, 4.69) is 40.2 Å². The molecule has 0 spiro atoms. The number of carbonyl (C=O) groups is 1. The highest BCUT2D eigenvalue weighted by atomic mass is 16.6. The van der Waals surface area contributed by atoms with Crippen LogP contribution in [0.25, 0.3) is 0 Å². The maximum Gasteiger partial charge on any atom is 0.407 e. The number of nitrogens with one attached hydrogen (secondary N) is 1. The first-order chi connectivity index (χ1) is 10.8. The molecule has 3 atom stereocenters. The van der Waals surface area contributed by atoms with Gasteiger partial charge in [0.2, 0.25) is 0 Å². The summed E-state index contributed by atoms with van der Waals surface area (Å²) in [7, 11) is 2.10. The van der Waals surface area contributed by atoms with Crippen LogP contribution in [0.3, 0.4) is 0 Å². The van der Waals surface area contributed by atoms with Gasteiger partial charge in [0, 0.05) is 44.6 Å². The molecule has 23 heavy (non-hydrogen) atoms. The molecular weight excluding hydrogens is 290 g/mol. The number of carbonyl (C=O) groups excluding carboxylic acids is 1. The van der Waals surface area contributed by atoms with Crippen molar-refractivity contribution < 1.29 is 9.53 Å². The number of aromatic nitrogens is 1. The fourth-order valence-corrected chi connectivity index (χ4v) is 4.01. The Morgan fingerprint density at radius 1 is 1.35 bits per heavy atom. The summed E-state index contributed by atoms with van der Waals surface area (Å²) in [6.45, 7) is 8.91. The zero-order valence-electron chi connectivity index (χ0n) is 14.7. The predicted molar refractivity (Wildman–Crippen MR) is 90.1 cm³/mol. The average molecular weight is 319 g/mol. The van der Waals surface area contributed by atoms with E-state index in [0.29, 0.717) is 11.8 Å². The first-order valence-electron chi connectivity index (χ1n) is 8.64. The lowest BCUT2D eigenvalue weighted by molar-refractivity contribution is 0.0491. The molecule has 1 aliphatic carbocycles. The van der Waals surface area contributed by atoms with Crippen LogP contribution in [0.4, 0.5) is 4.79 Å². The third-order valence-electron chi connectivity index (χ3n) is 5.07. The molecule has 0 radical (unpaired) electrons. The first kappa shape index (κ1) is 16.4. The Hall–Kier alpha value is -1.49. The molecule has 0 bridgehead atoms. The molecule has 0 unspecified atom stereocenters. The smallest absolute Gasteiger partial charge is 0.407 e. The lowest BCUT2D eigenvalue weighted by Crippen LogP contribution is -2.42. The van der Waals surface area contributed by atoms with Crippen LogP contribution in [0.2, 0.25) is 0 Å². The summed E-state index contributed by atoms with van der Waals surface area (Å²) >= 11 is 0. The molecule has 1 N–H and O–H groups in total. The Morgan fingerprint density at radius 3 is 2.78 bits per heavy atom. The molecule has 5 heteroatoms. The van der Waals surface area contributed by atoms with Crippen molar-refractivity contribution in [2.75, 3.05) is 13.1 Å². The third-order valence-corrected chi connectivity index (χ3v) is 5.07. The minimum Gasteiger partial charge on any atom is -0.444 e. The fourth-order valence-electron chi connectivity index (χ4n) is 4.01. The van der Waals surface area contributed by atoms with Crippen molar-refractivity contribution in [2.24, 2.45) is 18.9 Å². The van der Waals surface area contributed by atoms with Gasteiger partial charge in [-0.05, 0) is 57.6 Å². The van der Waals surface area contributed by atoms with Crippen molar-refractivity contribution in [3.8, 4) is 0 Å². The maximum atomic E-state index is 12.0. The number of hydrogen-bond acceptors (Lipinski definition) is 3. The van der Waals surface area contributed by atoms with Crippen molar-refractivity contribution in [1.82, 2.24) is 14.8 Å². The maximum absolute atomic E-state index is 12.0. The molecule has 2 aliphatic rings. The molecule has 1 aromatic rings. The first-order valence-corrected chi connectivity index (χ1v) is 8.64. The molecule has 2 fully saturated rings. The van der Waals surface area contributed by atoms with Gasteiger partial charge in [-0.25, -0.2) is 4.79 Å². The molecule has 128 valence electrons. The molecule has 5 nitrogen and oxygen atoms in total. The van der Waals surface area contributed by atoms with Gasteiger partial charge in [-0.2, -0.15) is 0 Å². The summed E-state index contributed by atoms with van der Waals surface area (Å²) in [4.78, 5) is 14.6. The highest BCUT2D eigenvalue weighted by Gasteiger charge is 2.43. The number of alkyl carbamates (subject to hydrolysis) is 1. The number of ether oxygens (including phenoxy) is 1. The Morgan fingerprint density at radius 2 is 2.13 bits per heavy atom. The van der Waals surface area contributed by atoms with Crippen LogP contribution in [-0.2, 0) is 18.3 Å². The van der Waals surface area contributed by atoms with Crippen LogP contribution >= 0.6 is 0 Å². The second-order valence-corrected chi connectivity index (χ2v) is 8.06. The Kier molecular flexibility index (Phi) is 4.41. The van der Waals surface area contributed by atoms with Crippen molar-refractivity contribution in [3.05, 3.63) is 24.0 Å². The van der Waals surface area contributed by atoms with Crippen LogP contribution in [0, 0.1) is 11.8 Å². The van der Waals surface area contributed by atoms with E-state index in [9.17, 15) is 4.79 Å². The Labute approximate surface area is 139 Å². The quantitative estimate of drug-likeness (QED) is 0.932. The predicted octanol–water partition coefficient (Wildman–Crippen LogP) is 2.76. The zero-order chi connectivity index (χ0) is 16.6. The molecule has 1 saturated carbocycles. The summed E-state index contributed by atoms with van der Waals surface area (Å²) < 4.78 is 7.59. The zero-order valence-corrected chi connectivity index (χ0v) is 14.7. The van der Waals surface area contributed by atoms with Crippen molar-refractivity contribution in [3.63, 3.8) is 0 Å². The van der Waals surface area contributed by atoms with Crippen LogP contribution in [0.15, 0.2) is 18.3 Å². The van der Waals surface area contributed by atoms with E-state index >= 15 is 0 Å². The summed E-state index contributed by atoms with van der Waals surface area (Å²) in [5, 5.41) is 3.10. The Balaban J connectivity index is 1.54. The minimum atomic E-state index is -0.434. The number of amides is 1. The normalized spacial score (nSPS) is 27.9. The number of hydrogen-bond donors (Lipinski definition) is 1.